The molecule has 0 spiro atoms. The topological polar surface area (TPSA) is 0 Å². The van der Waals surface area contributed by atoms with Crippen LogP contribution in [0.25, 0.3) is 0 Å². The zero-order valence-corrected chi connectivity index (χ0v) is 12.9. The van der Waals surface area contributed by atoms with E-state index in [1.54, 1.807) is 0 Å². The van der Waals surface area contributed by atoms with Crippen molar-refractivity contribution in [3.63, 3.8) is 0 Å². The normalized spacial score (nSPS) is 8.71. The summed E-state index contributed by atoms with van der Waals surface area (Å²) in [5.41, 5.74) is 2.73. The monoisotopic (exact) mass is 266 g/mol. The molecule has 0 saturated carbocycles. The van der Waals surface area contributed by atoms with Gasteiger partial charge in [0.15, 0.2) is 0 Å². The van der Waals surface area contributed by atoms with Crippen LogP contribution in [0.5, 0.6) is 0 Å². The van der Waals surface area contributed by atoms with Gasteiger partial charge < -0.3 is 0 Å². The van der Waals surface area contributed by atoms with Gasteiger partial charge in [-0.3, -0.25) is 0 Å². The van der Waals surface area contributed by atoms with Crippen LogP contribution >= 0.6 is 0 Å². The van der Waals surface area contributed by atoms with Crippen LogP contribution < -0.4 is 0 Å². The van der Waals surface area contributed by atoms with Crippen LogP contribution in [-0.2, 0) is 39.1 Å². The van der Waals surface area contributed by atoms with Crippen LogP contribution in [0.1, 0.15) is 51.7 Å². The molecule has 0 aromatic heterocycles. The first kappa shape index (κ1) is 16.7. The Kier molecular flexibility index (Phi) is 11.8. The van der Waals surface area contributed by atoms with E-state index in [-0.39, 0.29) is 32.7 Å². The Labute approximate surface area is 114 Å². The molecular weight excluding hydrogens is 245 g/mol. The second-order valence-corrected chi connectivity index (χ2v) is 3.16. The quantitative estimate of drug-likeness (QED) is 0.704. The molecular formula is C13H21Y-. The molecule has 0 nitrogen and oxygen atoms in total. The average molecular weight is 266 g/mol. The van der Waals surface area contributed by atoms with Gasteiger partial charge in [-0.2, -0.15) is 35.4 Å². The third kappa shape index (κ3) is 5.93. The van der Waals surface area contributed by atoms with Crippen molar-refractivity contribution in [2.45, 2.75) is 47.0 Å². The molecule has 77 valence electrons. The second-order valence-electron chi connectivity index (χ2n) is 3.16. The predicted molar refractivity (Wildman–Crippen MR) is 60.1 cm³/mol. The minimum atomic E-state index is 0. The summed E-state index contributed by atoms with van der Waals surface area (Å²) in [5.74, 6) is 0.599. The third-order valence-electron chi connectivity index (χ3n) is 1.92. The fraction of sp³-hybridized carbons (Fsp3) is 0.538. The molecule has 0 saturated heterocycles. The van der Waals surface area contributed by atoms with Gasteiger partial charge in [0, 0.05) is 32.7 Å². The van der Waals surface area contributed by atoms with Crippen molar-refractivity contribution in [2.75, 3.05) is 0 Å². The Hall–Kier alpha value is 0.324. The van der Waals surface area contributed by atoms with Crippen molar-refractivity contribution in [3.05, 3.63) is 35.4 Å². The minimum Gasteiger partial charge on any atom is -0.180 e. The fourth-order valence-electron chi connectivity index (χ4n) is 1.09. The Balaban J connectivity index is 0. The average Bonchev–Trinajstić information content (AvgIpc) is 2.21. The molecule has 1 aromatic rings. The SMILES string of the molecule is CC.CCc1cc[c-]c(C(C)C)c1.[Y]. The number of hydrogen-bond acceptors (Lipinski definition) is 0. The van der Waals surface area contributed by atoms with Crippen molar-refractivity contribution < 1.29 is 32.7 Å². The standard InChI is InChI=1S/C11H15.C2H6.Y/c1-4-10-6-5-7-11(8-10)9(2)3;1-2;/h5-6,8-9H,4H2,1-3H3;1-2H3;/q-1;;. The summed E-state index contributed by atoms with van der Waals surface area (Å²) in [5, 5.41) is 0. The maximum atomic E-state index is 3.24. The Morgan fingerprint density at radius 1 is 1.29 bits per heavy atom. The van der Waals surface area contributed by atoms with Crippen LogP contribution in [0.2, 0.25) is 0 Å². The fourth-order valence-corrected chi connectivity index (χ4v) is 1.09. The van der Waals surface area contributed by atoms with E-state index in [0.29, 0.717) is 5.92 Å². The van der Waals surface area contributed by atoms with E-state index < -0.39 is 0 Å². The number of aryl methyl sites for hydroxylation is 1. The molecule has 0 fully saturated rings. The zero-order chi connectivity index (χ0) is 10.3. The summed E-state index contributed by atoms with van der Waals surface area (Å²) < 4.78 is 0. The molecule has 0 aliphatic heterocycles. The van der Waals surface area contributed by atoms with E-state index in [2.05, 4.69) is 39.0 Å². The predicted octanol–water partition coefficient (Wildman–Crippen LogP) is 4.20. The van der Waals surface area contributed by atoms with Crippen molar-refractivity contribution in [1.82, 2.24) is 0 Å². The third-order valence-corrected chi connectivity index (χ3v) is 1.92. The smallest absolute Gasteiger partial charge is 0 e. The van der Waals surface area contributed by atoms with E-state index in [1.807, 2.05) is 19.9 Å². The van der Waals surface area contributed by atoms with Gasteiger partial charge in [-0.15, -0.1) is 0 Å². The molecule has 0 aliphatic carbocycles. The van der Waals surface area contributed by atoms with Gasteiger partial charge in [0.05, 0.1) is 0 Å². The molecule has 1 rings (SSSR count). The van der Waals surface area contributed by atoms with Gasteiger partial charge in [-0.25, -0.2) is 0 Å². The molecule has 1 heteroatoms. The number of hydrogen-bond donors (Lipinski definition) is 0. The summed E-state index contributed by atoms with van der Waals surface area (Å²) in [6.45, 7) is 10.6. The van der Waals surface area contributed by atoms with Gasteiger partial charge in [0.1, 0.15) is 0 Å². The first-order valence-electron chi connectivity index (χ1n) is 5.24. The first-order chi connectivity index (χ1) is 6.24. The van der Waals surface area contributed by atoms with E-state index in [1.165, 1.54) is 11.1 Å². The maximum Gasteiger partial charge on any atom is 0 e. The molecule has 0 amide bonds. The van der Waals surface area contributed by atoms with Crippen LogP contribution in [0, 0.1) is 6.07 Å². The minimum absolute atomic E-state index is 0. The van der Waals surface area contributed by atoms with E-state index in [0.717, 1.165) is 6.42 Å². The van der Waals surface area contributed by atoms with Crippen LogP contribution in [0.3, 0.4) is 0 Å². The summed E-state index contributed by atoms with van der Waals surface area (Å²) in [7, 11) is 0. The van der Waals surface area contributed by atoms with E-state index in [9.17, 15) is 0 Å². The van der Waals surface area contributed by atoms with Crippen LogP contribution in [0.15, 0.2) is 18.2 Å². The van der Waals surface area contributed by atoms with Crippen LogP contribution in [0.4, 0.5) is 0 Å². The van der Waals surface area contributed by atoms with Crippen molar-refractivity contribution in [3.8, 4) is 0 Å². The molecule has 0 atom stereocenters. The van der Waals surface area contributed by atoms with Gasteiger partial charge in [0.2, 0.25) is 0 Å². The maximum absolute atomic E-state index is 3.24. The summed E-state index contributed by atoms with van der Waals surface area (Å²) in [4.78, 5) is 0. The van der Waals surface area contributed by atoms with Gasteiger partial charge in [0.25, 0.3) is 0 Å². The molecule has 0 unspecified atom stereocenters. The molecule has 0 bridgehead atoms. The van der Waals surface area contributed by atoms with Gasteiger partial charge in [-0.05, 0) is 5.92 Å². The largest absolute Gasteiger partial charge is 0.180 e. The molecule has 0 aliphatic rings. The molecule has 14 heavy (non-hydrogen) atoms. The molecule has 1 radical (unpaired) electrons. The van der Waals surface area contributed by atoms with E-state index >= 15 is 0 Å². The van der Waals surface area contributed by atoms with Crippen molar-refractivity contribution in [1.29, 1.82) is 0 Å². The summed E-state index contributed by atoms with van der Waals surface area (Å²) >= 11 is 0. The summed E-state index contributed by atoms with van der Waals surface area (Å²) in [6.07, 6.45) is 1.12. The second kappa shape index (κ2) is 9.86. The van der Waals surface area contributed by atoms with Gasteiger partial charge >= 0.3 is 0 Å². The number of rotatable bonds is 2. The van der Waals surface area contributed by atoms with Gasteiger partial charge in [-0.1, -0.05) is 41.0 Å². The van der Waals surface area contributed by atoms with Crippen LogP contribution in [-0.4, -0.2) is 0 Å². The van der Waals surface area contributed by atoms with E-state index in [4.69, 9.17) is 0 Å². The van der Waals surface area contributed by atoms with Crippen molar-refractivity contribution >= 4 is 0 Å². The first-order valence-corrected chi connectivity index (χ1v) is 5.24. The summed E-state index contributed by atoms with van der Waals surface area (Å²) in [6, 6.07) is 9.64. The molecule has 0 heterocycles. The Morgan fingerprint density at radius 3 is 2.29 bits per heavy atom. The zero-order valence-electron chi connectivity index (χ0n) is 10.1. The molecule has 1 aromatic carbocycles. The Bertz CT molecular complexity index is 228. The number of benzene rings is 1. The molecule has 0 N–H and O–H groups in total. The van der Waals surface area contributed by atoms with Crippen molar-refractivity contribution in [2.24, 2.45) is 0 Å². The Morgan fingerprint density at radius 2 is 1.86 bits per heavy atom.